The molecule has 26 heavy (non-hydrogen) atoms. The number of aryl methyl sites for hydroxylation is 2. The second-order valence-corrected chi connectivity index (χ2v) is 6.32. The van der Waals surface area contributed by atoms with Crippen molar-refractivity contribution in [3.05, 3.63) is 47.5 Å². The first-order valence-corrected chi connectivity index (χ1v) is 8.79. The number of benzene rings is 1. The van der Waals surface area contributed by atoms with Crippen molar-refractivity contribution in [1.29, 1.82) is 0 Å². The topological polar surface area (TPSA) is 85.4 Å². The summed E-state index contributed by atoms with van der Waals surface area (Å²) in [5.41, 5.74) is 2.37. The van der Waals surface area contributed by atoms with Crippen LogP contribution in [0.4, 0.5) is 10.5 Å². The molecule has 2 amide bonds. The Hall–Kier alpha value is -2.67. The van der Waals surface area contributed by atoms with Gasteiger partial charge in [0.2, 0.25) is 0 Å². The van der Waals surface area contributed by atoms with Gasteiger partial charge in [0.15, 0.2) is 0 Å². The Balaban J connectivity index is 1.54. The second-order valence-electron chi connectivity index (χ2n) is 6.32. The highest BCUT2D eigenvalue weighted by atomic mass is 16.5. The van der Waals surface area contributed by atoms with Crippen LogP contribution in [0.5, 0.6) is 5.75 Å². The van der Waals surface area contributed by atoms with E-state index in [2.05, 4.69) is 20.6 Å². The zero-order valence-corrected chi connectivity index (χ0v) is 15.1. The number of ether oxygens (including phenoxy) is 2. The molecule has 1 unspecified atom stereocenters. The molecule has 3 rings (SSSR count). The Morgan fingerprint density at radius 1 is 1.27 bits per heavy atom. The maximum absolute atomic E-state index is 12.2. The Kier molecular flexibility index (Phi) is 6.01. The number of para-hydroxylation sites is 2. The first kappa shape index (κ1) is 18.1. The normalized spacial score (nSPS) is 16.3. The van der Waals surface area contributed by atoms with Crippen LogP contribution in [-0.2, 0) is 11.3 Å². The van der Waals surface area contributed by atoms with Crippen molar-refractivity contribution in [2.24, 2.45) is 0 Å². The summed E-state index contributed by atoms with van der Waals surface area (Å²) in [4.78, 5) is 20.8. The summed E-state index contributed by atoms with van der Waals surface area (Å²) in [7, 11) is 0. The van der Waals surface area contributed by atoms with Crippen molar-refractivity contribution in [3.63, 3.8) is 0 Å². The van der Waals surface area contributed by atoms with Gasteiger partial charge in [0.05, 0.1) is 18.3 Å². The van der Waals surface area contributed by atoms with Crippen LogP contribution >= 0.6 is 0 Å². The van der Waals surface area contributed by atoms with Crippen molar-refractivity contribution in [2.45, 2.75) is 39.3 Å². The number of nitrogens with one attached hydrogen (secondary N) is 2. The highest BCUT2D eigenvalue weighted by Gasteiger charge is 2.17. The summed E-state index contributed by atoms with van der Waals surface area (Å²) in [6.45, 7) is 5.33. The summed E-state index contributed by atoms with van der Waals surface area (Å²) in [5, 5.41) is 5.58. The molecule has 1 aromatic carbocycles. The molecule has 1 atom stereocenters. The largest absolute Gasteiger partial charge is 0.489 e. The highest BCUT2D eigenvalue weighted by Crippen LogP contribution is 2.25. The monoisotopic (exact) mass is 356 g/mol. The Morgan fingerprint density at radius 2 is 2.04 bits per heavy atom. The highest BCUT2D eigenvalue weighted by molar-refractivity contribution is 5.90. The van der Waals surface area contributed by atoms with Gasteiger partial charge in [-0.2, -0.15) is 0 Å². The lowest BCUT2D eigenvalue weighted by Crippen LogP contribution is -2.29. The lowest BCUT2D eigenvalue weighted by molar-refractivity contribution is 0.0682. The van der Waals surface area contributed by atoms with E-state index in [0.29, 0.717) is 23.9 Å². The number of nitrogens with zero attached hydrogens (tertiary/aromatic N) is 2. The lowest BCUT2D eigenvalue weighted by atomic mass is 10.2. The summed E-state index contributed by atoms with van der Waals surface area (Å²) in [6.07, 6.45) is 2.20. The van der Waals surface area contributed by atoms with Gasteiger partial charge >= 0.3 is 6.03 Å². The molecular formula is C19H24N4O3. The van der Waals surface area contributed by atoms with Gasteiger partial charge in [0.1, 0.15) is 18.2 Å². The van der Waals surface area contributed by atoms with Crippen molar-refractivity contribution in [2.75, 3.05) is 18.5 Å². The molecule has 1 aromatic heterocycles. The van der Waals surface area contributed by atoms with Crippen LogP contribution in [0.3, 0.4) is 0 Å². The fraction of sp³-hybridized carbons (Fsp3) is 0.421. The first-order valence-electron chi connectivity index (χ1n) is 8.79. The van der Waals surface area contributed by atoms with Gasteiger partial charge in [0.25, 0.3) is 0 Å². The molecule has 2 heterocycles. The van der Waals surface area contributed by atoms with Crippen LogP contribution in [0.1, 0.15) is 30.1 Å². The summed E-state index contributed by atoms with van der Waals surface area (Å²) < 4.78 is 11.4. The molecule has 1 saturated heterocycles. The van der Waals surface area contributed by atoms with E-state index in [0.717, 1.165) is 30.8 Å². The van der Waals surface area contributed by atoms with Crippen molar-refractivity contribution >= 4 is 11.7 Å². The molecule has 0 radical (unpaired) electrons. The lowest BCUT2D eigenvalue weighted by Gasteiger charge is -2.15. The van der Waals surface area contributed by atoms with Crippen molar-refractivity contribution < 1.29 is 14.3 Å². The summed E-state index contributed by atoms with van der Waals surface area (Å²) >= 11 is 0. The van der Waals surface area contributed by atoms with E-state index in [9.17, 15) is 4.79 Å². The quantitative estimate of drug-likeness (QED) is 0.831. The van der Waals surface area contributed by atoms with Gasteiger partial charge in [-0.1, -0.05) is 12.1 Å². The van der Waals surface area contributed by atoms with Crippen LogP contribution < -0.4 is 15.4 Å². The number of aromatic nitrogens is 2. The maximum atomic E-state index is 12.2. The summed E-state index contributed by atoms with van der Waals surface area (Å²) in [5.74, 6) is 1.21. The van der Waals surface area contributed by atoms with Gasteiger partial charge in [-0.3, -0.25) is 0 Å². The van der Waals surface area contributed by atoms with E-state index in [1.807, 2.05) is 38.1 Å². The van der Waals surface area contributed by atoms with Gasteiger partial charge in [-0.15, -0.1) is 0 Å². The molecule has 0 saturated carbocycles. The van der Waals surface area contributed by atoms with Gasteiger partial charge < -0.3 is 20.1 Å². The summed E-state index contributed by atoms with van der Waals surface area (Å²) in [6, 6.07) is 8.92. The molecule has 138 valence electrons. The number of anilines is 1. The Labute approximate surface area is 153 Å². The molecule has 0 bridgehead atoms. The number of rotatable bonds is 6. The molecule has 7 nitrogen and oxygen atoms in total. The van der Waals surface area contributed by atoms with Crippen LogP contribution in [0.15, 0.2) is 30.3 Å². The van der Waals surface area contributed by atoms with E-state index in [1.165, 1.54) is 0 Å². The molecule has 2 N–H and O–H groups in total. The third-order valence-electron chi connectivity index (χ3n) is 4.02. The van der Waals surface area contributed by atoms with Gasteiger partial charge in [0, 0.05) is 18.0 Å². The number of amides is 2. The molecule has 1 aliphatic rings. The minimum absolute atomic E-state index is 0.124. The minimum Gasteiger partial charge on any atom is -0.489 e. The third-order valence-corrected chi connectivity index (χ3v) is 4.02. The third kappa shape index (κ3) is 5.16. The molecule has 1 fully saturated rings. The standard InChI is InChI=1S/C19H24N4O3/c1-13-10-14(2)22-18(21-13)11-20-19(24)23-16-7-3-4-8-17(16)26-12-15-6-5-9-25-15/h3-4,7-8,10,15H,5-6,9,11-12H2,1-2H3,(H2,20,23,24). The second kappa shape index (κ2) is 8.62. The Bertz CT molecular complexity index is 740. The van der Waals surface area contributed by atoms with E-state index in [4.69, 9.17) is 9.47 Å². The number of carbonyl (C=O) groups excluding carboxylic acids is 1. The van der Waals surface area contributed by atoms with Gasteiger partial charge in [-0.05, 0) is 44.9 Å². The van der Waals surface area contributed by atoms with E-state index < -0.39 is 0 Å². The average Bonchev–Trinajstić information content (AvgIpc) is 3.12. The van der Waals surface area contributed by atoms with Crippen LogP contribution in [0, 0.1) is 13.8 Å². The minimum atomic E-state index is -0.332. The number of urea groups is 1. The van der Waals surface area contributed by atoms with E-state index >= 15 is 0 Å². The fourth-order valence-corrected chi connectivity index (χ4v) is 2.86. The molecule has 7 heteroatoms. The fourth-order valence-electron chi connectivity index (χ4n) is 2.86. The maximum Gasteiger partial charge on any atom is 0.319 e. The predicted octanol–water partition coefficient (Wildman–Crippen LogP) is 2.97. The number of hydrogen-bond donors (Lipinski definition) is 2. The zero-order valence-electron chi connectivity index (χ0n) is 15.1. The SMILES string of the molecule is Cc1cc(C)nc(CNC(=O)Nc2ccccc2OCC2CCCO2)n1. The molecular weight excluding hydrogens is 332 g/mol. The van der Waals surface area contributed by atoms with Crippen molar-refractivity contribution in [1.82, 2.24) is 15.3 Å². The smallest absolute Gasteiger partial charge is 0.319 e. The molecule has 2 aromatic rings. The van der Waals surface area contributed by atoms with Crippen LogP contribution in [0.2, 0.25) is 0 Å². The molecule has 0 aliphatic carbocycles. The van der Waals surface area contributed by atoms with E-state index in [-0.39, 0.29) is 18.7 Å². The zero-order chi connectivity index (χ0) is 18.4. The van der Waals surface area contributed by atoms with Crippen LogP contribution in [-0.4, -0.2) is 35.3 Å². The van der Waals surface area contributed by atoms with E-state index in [1.54, 1.807) is 6.07 Å². The number of hydrogen-bond acceptors (Lipinski definition) is 5. The van der Waals surface area contributed by atoms with Gasteiger partial charge in [-0.25, -0.2) is 14.8 Å². The molecule has 1 aliphatic heterocycles. The van der Waals surface area contributed by atoms with Crippen LogP contribution in [0.25, 0.3) is 0 Å². The first-order chi connectivity index (χ1) is 12.6. The average molecular weight is 356 g/mol. The molecule has 0 spiro atoms. The predicted molar refractivity (Wildman–Crippen MR) is 98.3 cm³/mol. The number of carbonyl (C=O) groups is 1. The van der Waals surface area contributed by atoms with Crippen molar-refractivity contribution in [3.8, 4) is 5.75 Å². The Morgan fingerprint density at radius 3 is 2.77 bits per heavy atom.